The van der Waals surface area contributed by atoms with Crippen LogP contribution in [0.15, 0.2) is 48.8 Å². The first-order valence-corrected chi connectivity index (χ1v) is 9.02. The standard InChI is InChI=1S/C20H23N5O/c1-15-18(13-21-25(15)17-8-4-3-5-9-17)20(26)24-11-6-7-16(14-24)19-10-12-23(2)22-19/h3-5,8-10,12-13,16H,6-7,11,14H2,1-2H3/t16-/m1/s1. The Morgan fingerprint density at radius 2 is 2.00 bits per heavy atom. The van der Waals surface area contributed by atoms with Crippen LogP contribution in [0.2, 0.25) is 0 Å². The Kier molecular flexibility index (Phi) is 4.32. The van der Waals surface area contributed by atoms with Gasteiger partial charge in [-0.1, -0.05) is 18.2 Å². The SMILES string of the molecule is Cc1c(C(=O)N2CCC[C@@H](c3ccn(C)n3)C2)cnn1-c1ccccc1. The number of carbonyl (C=O) groups is 1. The van der Waals surface area contributed by atoms with E-state index < -0.39 is 0 Å². The molecule has 1 aliphatic heterocycles. The summed E-state index contributed by atoms with van der Waals surface area (Å²) in [5.41, 5.74) is 3.59. The minimum atomic E-state index is 0.0605. The highest BCUT2D eigenvalue weighted by Crippen LogP contribution is 2.27. The van der Waals surface area contributed by atoms with E-state index in [1.807, 2.05) is 64.8 Å². The lowest BCUT2D eigenvalue weighted by atomic mass is 9.94. The molecule has 2 aromatic heterocycles. The third-order valence-corrected chi connectivity index (χ3v) is 5.10. The van der Waals surface area contributed by atoms with Crippen LogP contribution in [0.1, 0.15) is 40.5 Å². The number of nitrogens with zero attached hydrogens (tertiary/aromatic N) is 5. The minimum Gasteiger partial charge on any atom is -0.338 e. The molecule has 3 heterocycles. The molecule has 0 radical (unpaired) electrons. The van der Waals surface area contributed by atoms with Crippen molar-refractivity contribution in [3.63, 3.8) is 0 Å². The van der Waals surface area contributed by atoms with Gasteiger partial charge >= 0.3 is 0 Å². The normalized spacial score (nSPS) is 17.5. The second-order valence-corrected chi connectivity index (χ2v) is 6.90. The molecule has 6 heteroatoms. The van der Waals surface area contributed by atoms with Crippen molar-refractivity contribution in [1.82, 2.24) is 24.5 Å². The van der Waals surface area contributed by atoms with Crippen LogP contribution in [0, 0.1) is 6.92 Å². The summed E-state index contributed by atoms with van der Waals surface area (Å²) < 4.78 is 3.65. The summed E-state index contributed by atoms with van der Waals surface area (Å²) >= 11 is 0. The maximum Gasteiger partial charge on any atom is 0.257 e. The van der Waals surface area contributed by atoms with Crippen molar-refractivity contribution < 1.29 is 4.79 Å². The number of hydrogen-bond acceptors (Lipinski definition) is 3. The van der Waals surface area contributed by atoms with Gasteiger partial charge in [0.1, 0.15) is 0 Å². The van der Waals surface area contributed by atoms with E-state index in [0.717, 1.165) is 36.5 Å². The van der Waals surface area contributed by atoms with E-state index in [9.17, 15) is 4.79 Å². The van der Waals surface area contributed by atoms with Crippen LogP contribution in [0.3, 0.4) is 0 Å². The van der Waals surface area contributed by atoms with E-state index in [1.54, 1.807) is 6.20 Å². The number of aryl methyl sites for hydroxylation is 1. The molecule has 26 heavy (non-hydrogen) atoms. The molecule has 4 rings (SSSR count). The molecule has 0 N–H and O–H groups in total. The zero-order valence-electron chi connectivity index (χ0n) is 15.2. The van der Waals surface area contributed by atoms with Crippen molar-refractivity contribution in [2.45, 2.75) is 25.7 Å². The van der Waals surface area contributed by atoms with Crippen LogP contribution in [0.4, 0.5) is 0 Å². The number of carbonyl (C=O) groups excluding carboxylic acids is 1. The van der Waals surface area contributed by atoms with Gasteiger partial charge in [-0.3, -0.25) is 9.48 Å². The van der Waals surface area contributed by atoms with Crippen molar-refractivity contribution >= 4 is 5.91 Å². The summed E-state index contributed by atoms with van der Waals surface area (Å²) in [4.78, 5) is 15.0. The number of amides is 1. The van der Waals surface area contributed by atoms with Gasteiger partial charge in [-0.25, -0.2) is 4.68 Å². The van der Waals surface area contributed by atoms with Gasteiger partial charge in [0.2, 0.25) is 0 Å². The lowest BCUT2D eigenvalue weighted by Crippen LogP contribution is -2.39. The predicted molar refractivity (Wildman–Crippen MR) is 99.4 cm³/mol. The molecular formula is C20H23N5O. The summed E-state index contributed by atoms with van der Waals surface area (Å²) in [7, 11) is 1.93. The molecule has 1 aliphatic rings. The fourth-order valence-corrected chi connectivity index (χ4v) is 3.67. The average molecular weight is 349 g/mol. The topological polar surface area (TPSA) is 56.0 Å². The Labute approximate surface area is 153 Å². The average Bonchev–Trinajstić information content (AvgIpc) is 3.28. The van der Waals surface area contributed by atoms with Gasteiger partial charge < -0.3 is 4.90 Å². The van der Waals surface area contributed by atoms with Gasteiger partial charge in [-0.2, -0.15) is 10.2 Å². The number of likely N-dealkylation sites (tertiary alicyclic amines) is 1. The van der Waals surface area contributed by atoms with Gasteiger partial charge in [0.15, 0.2) is 0 Å². The largest absolute Gasteiger partial charge is 0.338 e. The monoisotopic (exact) mass is 349 g/mol. The van der Waals surface area contributed by atoms with Crippen LogP contribution in [0.25, 0.3) is 5.69 Å². The van der Waals surface area contributed by atoms with E-state index >= 15 is 0 Å². The molecule has 0 aliphatic carbocycles. The number of para-hydroxylation sites is 1. The zero-order chi connectivity index (χ0) is 18.1. The third kappa shape index (κ3) is 3.03. The molecule has 1 atom stereocenters. The Hall–Kier alpha value is -2.89. The summed E-state index contributed by atoms with van der Waals surface area (Å²) in [5, 5.41) is 8.96. The minimum absolute atomic E-state index is 0.0605. The molecule has 1 fully saturated rings. The van der Waals surface area contributed by atoms with Gasteiger partial charge in [0, 0.05) is 32.3 Å². The fraction of sp³-hybridized carbons (Fsp3) is 0.350. The Morgan fingerprint density at radius 1 is 1.19 bits per heavy atom. The van der Waals surface area contributed by atoms with Crippen LogP contribution in [-0.2, 0) is 7.05 Å². The lowest BCUT2D eigenvalue weighted by Gasteiger charge is -2.32. The highest BCUT2D eigenvalue weighted by atomic mass is 16.2. The quantitative estimate of drug-likeness (QED) is 0.730. The molecule has 6 nitrogen and oxygen atoms in total. The number of hydrogen-bond donors (Lipinski definition) is 0. The van der Waals surface area contributed by atoms with Crippen molar-refractivity contribution in [1.29, 1.82) is 0 Å². The van der Waals surface area contributed by atoms with E-state index in [0.29, 0.717) is 18.0 Å². The van der Waals surface area contributed by atoms with E-state index in [-0.39, 0.29) is 5.91 Å². The fourth-order valence-electron chi connectivity index (χ4n) is 3.67. The summed E-state index contributed by atoms with van der Waals surface area (Å²) in [6.45, 7) is 3.46. The predicted octanol–water partition coefficient (Wildman–Crippen LogP) is 2.93. The number of piperidine rings is 1. The highest BCUT2D eigenvalue weighted by Gasteiger charge is 2.28. The van der Waals surface area contributed by atoms with Crippen molar-refractivity contribution in [2.75, 3.05) is 13.1 Å². The number of benzene rings is 1. The highest BCUT2D eigenvalue weighted by molar-refractivity contribution is 5.95. The molecular weight excluding hydrogens is 326 g/mol. The van der Waals surface area contributed by atoms with Crippen molar-refractivity contribution in [2.24, 2.45) is 7.05 Å². The first-order chi connectivity index (χ1) is 12.6. The first-order valence-electron chi connectivity index (χ1n) is 9.02. The lowest BCUT2D eigenvalue weighted by molar-refractivity contribution is 0.0705. The molecule has 134 valence electrons. The van der Waals surface area contributed by atoms with E-state index in [2.05, 4.69) is 16.3 Å². The number of rotatable bonds is 3. The smallest absolute Gasteiger partial charge is 0.257 e. The number of aromatic nitrogens is 4. The molecule has 0 saturated carbocycles. The molecule has 1 amide bonds. The molecule has 0 unspecified atom stereocenters. The van der Waals surface area contributed by atoms with Crippen molar-refractivity contribution in [3.05, 3.63) is 65.7 Å². The summed E-state index contributed by atoms with van der Waals surface area (Å²) in [6.07, 6.45) is 5.72. The second kappa shape index (κ2) is 6.78. The maximum atomic E-state index is 13.1. The molecule has 1 saturated heterocycles. The van der Waals surface area contributed by atoms with Crippen molar-refractivity contribution in [3.8, 4) is 5.69 Å². The second-order valence-electron chi connectivity index (χ2n) is 6.90. The van der Waals surface area contributed by atoms with Gasteiger partial charge in [0.05, 0.1) is 28.8 Å². The Balaban J connectivity index is 1.55. The van der Waals surface area contributed by atoms with Crippen LogP contribution >= 0.6 is 0 Å². The van der Waals surface area contributed by atoms with E-state index in [1.165, 1.54) is 0 Å². The Morgan fingerprint density at radius 3 is 2.73 bits per heavy atom. The zero-order valence-corrected chi connectivity index (χ0v) is 15.2. The van der Waals surface area contributed by atoms with Gasteiger partial charge in [-0.05, 0) is 38.0 Å². The first kappa shape index (κ1) is 16.6. The van der Waals surface area contributed by atoms with E-state index in [4.69, 9.17) is 0 Å². The molecule has 3 aromatic rings. The molecule has 0 bridgehead atoms. The molecule has 1 aromatic carbocycles. The maximum absolute atomic E-state index is 13.1. The van der Waals surface area contributed by atoms with Gasteiger partial charge in [0.25, 0.3) is 5.91 Å². The molecule has 0 spiro atoms. The van der Waals surface area contributed by atoms with Crippen LogP contribution < -0.4 is 0 Å². The van der Waals surface area contributed by atoms with Crippen LogP contribution in [-0.4, -0.2) is 43.5 Å². The summed E-state index contributed by atoms with van der Waals surface area (Å²) in [5.74, 6) is 0.365. The summed E-state index contributed by atoms with van der Waals surface area (Å²) in [6, 6.07) is 12.0. The van der Waals surface area contributed by atoms with Crippen LogP contribution in [0.5, 0.6) is 0 Å². The van der Waals surface area contributed by atoms with Gasteiger partial charge in [-0.15, -0.1) is 0 Å². The Bertz CT molecular complexity index is 911. The third-order valence-electron chi connectivity index (χ3n) is 5.10.